The van der Waals surface area contributed by atoms with Crippen LogP contribution in [0.5, 0.6) is 0 Å². The Labute approximate surface area is 80.3 Å². The van der Waals surface area contributed by atoms with Gasteiger partial charge in [0, 0.05) is 24.4 Å². The zero-order chi connectivity index (χ0) is 8.32. The van der Waals surface area contributed by atoms with Crippen molar-refractivity contribution in [2.45, 2.75) is 10.2 Å². The van der Waals surface area contributed by atoms with Gasteiger partial charge in [0.2, 0.25) is 0 Å². The molecule has 1 heterocycles. The van der Waals surface area contributed by atoms with Crippen LogP contribution in [0.4, 0.5) is 0 Å². The van der Waals surface area contributed by atoms with Crippen molar-refractivity contribution in [3.8, 4) is 0 Å². The Morgan fingerprint density at radius 1 is 1.45 bits per heavy atom. The molecule has 0 unspecified atom stereocenters. The van der Waals surface area contributed by atoms with Crippen molar-refractivity contribution >= 4 is 34.8 Å². The summed E-state index contributed by atoms with van der Waals surface area (Å²) in [7, 11) is 0. The van der Waals surface area contributed by atoms with E-state index >= 15 is 0 Å². The first-order valence-corrected chi connectivity index (χ1v) is 4.09. The molecule has 1 nitrogen and oxygen atoms in total. The third-order valence-electron chi connectivity index (χ3n) is 1.06. The average molecular weight is 209 g/mol. The van der Waals surface area contributed by atoms with E-state index in [9.17, 15) is 0 Å². The van der Waals surface area contributed by atoms with E-state index in [2.05, 4.69) is 11.1 Å². The normalized spacial score (nSPS) is 11.5. The summed E-state index contributed by atoms with van der Waals surface area (Å²) in [5.74, 6) is 0. The van der Waals surface area contributed by atoms with Gasteiger partial charge in [0.05, 0.1) is 0 Å². The number of rotatable bonds is 1. The molecule has 0 amide bonds. The quantitative estimate of drug-likeness (QED) is 0.648. The monoisotopic (exact) mass is 208 g/mol. The summed E-state index contributed by atoms with van der Waals surface area (Å²) >= 11 is 16.6. The number of hydrogen-bond donors (Lipinski definition) is 0. The summed E-state index contributed by atoms with van der Waals surface area (Å²) in [6, 6.07) is 6.28. The Hall–Kier alpha value is 0.0200. The Balaban J connectivity index is 2.66. The molecule has 0 saturated heterocycles. The van der Waals surface area contributed by atoms with Gasteiger partial charge >= 0.3 is 0 Å². The number of halogens is 3. The highest BCUT2D eigenvalue weighted by Crippen LogP contribution is 2.29. The van der Waals surface area contributed by atoms with Crippen LogP contribution in [0.3, 0.4) is 0 Å². The molecule has 11 heavy (non-hydrogen) atoms. The summed E-state index contributed by atoms with van der Waals surface area (Å²) in [6.07, 6.45) is 1.87. The maximum Gasteiger partial charge on any atom is 0.196 e. The lowest BCUT2D eigenvalue weighted by Gasteiger charge is -2.08. The lowest BCUT2D eigenvalue weighted by Crippen LogP contribution is -2.07. The van der Waals surface area contributed by atoms with Crippen LogP contribution in [-0.2, 0) is 6.42 Å². The summed E-state index contributed by atoms with van der Waals surface area (Å²) in [5, 5.41) is 0. The smallest absolute Gasteiger partial charge is 0.196 e. The zero-order valence-corrected chi connectivity index (χ0v) is 7.79. The highest BCUT2D eigenvalue weighted by molar-refractivity contribution is 6.67. The van der Waals surface area contributed by atoms with E-state index in [1.807, 2.05) is 0 Å². The maximum absolute atomic E-state index is 5.55. The predicted molar refractivity (Wildman–Crippen MR) is 47.1 cm³/mol. The molecule has 0 aromatic carbocycles. The van der Waals surface area contributed by atoms with Gasteiger partial charge in [0.25, 0.3) is 0 Å². The first-order valence-electron chi connectivity index (χ1n) is 2.96. The molecular weight excluding hydrogens is 204 g/mol. The van der Waals surface area contributed by atoms with Gasteiger partial charge < -0.3 is 0 Å². The Kier molecular flexibility index (Phi) is 2.99. The highest BCUT2D eigenvalue weighted by Gasteiger charge is 2.20. The molecule has 0 aliphatic heterocycles. The lowest BCUT2D eigenvalue weighted by atomic mass is 10.3. The Morgan fingerprint density at radius 2 is 2.18 bits per heavy atom. The molecule has 4 heteroatoms. The minimum atomic E-state index is -1.26. The van der Waals surface area contributed by atoms with E-state index in [0.717, 1.165) is 5.69 Å². The second-order valence-corrected chi connectivity index (χ2v) is 4.56. The molecule has 59 valence electrons. The van der Waals surface area contributed by atoms with E-state index in [1.165, 1.54) is 0 Å². The molecule has 0 aliphatic rings. The summed E-state index contributed by atoms with van der Waals surface area (Å²) < 4.78 is -1.26. The van der Waals surface area contributed by atoms with E-state index in [0.29, 0.717) is 6.42 Å². The second kappa shape index (κ2) is 3.61. The molecule has 0 saturated carbocycles. The van der Waals surface area contributed by atoms with Crippen LogP contribution in [-0.4, -0.2) is 8.78 Å². The van der Waals surface area contributed by atoms with Crippen molar-refractivity contribution in [2.75, 3.05) is 0 Å². The highest BCUT2D eigenvalue weighted by atomic mass is 35.6. The van der Waals surface area contributed by atoms with Crippen molar-refractivity contribution in [2.24, 2.45) is 0 Å². The molecular formula is C7H5Cl3N. The third kappa shape index (κ3) is 3.80. The van der Waals surface area contributed by atoms with Gasteiger partial charge in [-0.1, -0.05) is 40.9 Å². The van der Waals surface area contributed by atoms with Crippen LogP contribution < -0.4 is 0 Å². The average Bonchev–Trinajstić information content (AvgIpc) is 1.85. The predicted octanol–water partition coefficient (Wildman–Crippen LogP) is 2.79. The van der Waals surface area contributed by atoms with E-state index in [4.69, 9.17) is 34.8 Å². The van der Waals surface area contributed by atoms with Crippen molar-refractivity contribution in [3.05, 3.63) is 30.1 Å². The molecule has 0 atom stereocenters. The minimum absolute atomic E-state index is 0.326. The first kappa shape index (κ1) is 9.11. The molecule has 0 bridgehead atoms. The van der Waals surface area contributed by atoms with Crippen LogP contribution >= 0.6 is 34.8 Å². The van der Waals surface area contributed by atoms with Crippen molar-refractivity contribution in [1.29, 1.82) is 0 Å². The fraction of sp³-hybridized carbons (Fsp3) is 0.286. The van der Waals surface area contributed by atoms with E-state index in [1.54, 1.807) is 18.3 Å². The van der Waals surface area contributed by atoms with Gasteiger partial charge in [-0.05, 0) is 6.07 Å². The molecule has 0 spiro atoms. The van der Waals surface area contributed by atoms with Crippen LogP contribution in [0.25, 0.3) is 0 Å². The second-order valence-electron chi connectivity index (χ2n) is 2.04. The molecule has 1 rings (SSSR count). The largest absolute Gasteiger partial charge is 0.261 e. The molecule has 0 N–H and O–H groups in total. The molecule has 1 aromatic heterocycles. The summed E-state index contributed by atoms with van der Waals surface area (Å²) in [5.41, 5.74) is 0.753. The van der Waals surface area contributed by atoms with Crippen molar-refractivity contribution in [3.63, 3.8) is 0 Å². The molecule has 0 fully saturated rings. The van der Waals surface area contributed by atoms with Gasteiger partial charge in [0.1, 0.15) is 0 Å². The number of aromatic nitrogens is 1. The van der Waals surface area contributed by atoms with Crippen LogP contribution in [0.2, 0.25) is 0 Å². The van der Waals surface area contributed by atoms with E-state index < -0.39 is 3.79 Å². The number of alkyl halides is 3. The van der Waals surface area contributed by atoms with Crippen LogP contribution in [0.1, 0.15) is 5.69 Å². The van der Waals surface area contributed by atoms with Crippen LogP contribution in [0.15, 0.2) is 18.3 Å². The number of nitrogens with zero attached hydrogens (tertiary/aromatic N) is 1. The van der Waals surface area contributed by atoms with Gasteiger partial charge in [-0.15, -0.1) is 0 Å². The Morgan fingerprint density at radius 3 is 2.64 bits per heavy atom. The molecule has 0 aliphatic carbocycles. The molecule has 1 radical (unpaired) electrons. The first-order chi connectivity index (χ1) is 5.08. The maximum atomic E-state index is 5.55. The van der Waals surface area contributed by atoms with Gasteiger partial charge in [-0.3, -0.25) is 4.98 Å². The Bertz CT molecular complexity index is 217. The fourth-order valence-electron chi connectivity index (χ4n) is 0.660. The zero-order valence-electron chi connectivity index (χ0n) is 5.52. The van der Waals surface area contributed by atoms with Crippen LogP contribution in [0, 0.1) is 6.07 Å². The minimum Gasteiger partial charge on any atom is -0.261 e. The van der Waals surface area contributed by atoms with Gasteiger partial charge in [0.15, 0.2) is 3.79 Å². The fourth-order valence-corrected chi connectivity index (χ4v) is 1.07. The van der Waals surface area contributed by atoms with Crippen molar-refractivity contribution in [1.82, 2.24) is 4.98 Å². The molecule has 1 aromatic rings. The third-order valence-corrected chi connectivity index (χ3v) is 1.46. The summed E-state index contributed by atoms with van der Waals surface area (Å²) in [4.78, 5) is 3.96. The van der Waals surface area contributed by atoms with E-state index in [-0.39, 0.29) is 0 Å². The number of pyridine rings is 1. The topological polar surface area (TPSA) is 12.9 Å². The lowest BCUT2D eigenvalue weighted by molar-refractivity contribution is 0.955. The van der Waals surface area contributed by atoms with Gasteiger partial charge in [-0.25, -0.2) is 0 Å². The van der Waals surface area contributed by atoms with Crippen molar-refractivity contribution < 1.29 is 0 Å². The number of hydrogen-bond acceptors (Lipinski definition) is 1. The summed E-state index contributed by atoms with van der Waals surface area (Å²) in [6.45, 7) is 0. The van der Waals surface area contributed by atoms with Gasteiger partial charge in [-0.2, -0.15) is 0 Å². The SMILES string of the molecule is ClC(Cl)(Cl)Cc1cc[c]cn1. The standard InChI is InChI=1S/C7H5Cl3N/c8-7(9,10)5-6-3-1-2-4-11-6/h1,3-4H,5H2.